The molecule has 0 aliphatic heterocycles. The van der Waals surface area contributed by atoms with Crippen molar-refractivity contribution in [1.29, 1.82) is 0 Å². The minimum atomic E-state index is -4.39. The summed E-state index contributed by atoms with van der Waals surface area (Å²) in [5, 5.41) is 0. The second-order valence-corrected chi connectivity index (χ2v) is 8.51. The van der Waals surface area contributed by atoms with Crippen LogP contribution in [0.3, 0.4) is 0 Å². The molecule has 0 aromatic heterocycles. The van der Waals surface area contributed by atoms with Crippen molar-refractivity contribution in [2.75, 3.05) is 0 Å². The van der Waals surface area contributed by atoms with Gasteiger partial charge in [-0.15, -0.1) is 0 Å². The lowest BCUT2D eigenvalue weighted by Crippen LogP contribution is -1.88. The molecule has 0 fully saturated rings. The fraction of sp³-hybridized carbons (Fsp3) is 0. The van der Waals surface area contributed by atoms with Crippen molar-refractivity contribution in [3.05, 3.63) is 30.3 Å². The molecule has 2 N–H and O–H groups in total. The lowest BCUT2D eigenvalue weighted by atomic mass is 10.3. The van der Waals surface area contributed by atoms with Crippen LogP contribution in [0.2, 0.25) is 0 Å². The Labute approximate surface area is 134 Å². The highest BCUT2D eigenvalue weighted by Gasteiger charge is 2.14. The highest BCUT2D eigenvalue weighted by molar-refractivity contribution is 7.46. The Hall–Kier alpha value is 1.86. The van der Waals surface area contributed by atoms with Crippen LogP contribution in [0, 0.1) is 0 Å². The van der Waals surface area contributed by atoms with Crippen LogP contribution in [0.5, 0.6) is 5.75 Å². The third kappa shape index (κ3) is 20.3. The van der Waals surface area contributed by atoms with Gasteiger partial charge >= 0.3 is 44.1 Å². The Bertz CT molecular complexity index is 310. The number of para-hydroxylation sites is 1. The van der Waals surface area contributed by atoms with E-state index in [0.29, 0.717) is 0 Å². The molecule has 1 aromatic carbocycles. The average Bonchev–Trinajstić information content (AvgIpc) is 2.19. The molecular formula is C6H7Cl4Mg2O4P. The van der Waals surface area contributed by atoms with Crippen LogP contribution in [-0.2, 0) is 4.57 Å². The van der Waals surface area contributed by atoms with Gasteiger partial charge in [-0.05, 0) is 12.1 Å². The number of hydrogen-bond acceptors (Lipinski definition) is 2. The van der Waals surface area contributed by atoms with Crippen molar-refractivity contribution in [1.82, 2.24) is 0 Å². The second-order valence-electron chi connectivity index (χ2n) is 2.10. The summed E-state index contributed by atoms with van der Waals surface area (Å²) in [6, 6.07) is 7.93. The van der Waals surface area contributed by atoms with Gasteiger partial charge in [-0.3, -0.25) is 9.79 Å². The van der Waals surface area contributed by atoms with E-state index in [4.69, 9.17) is 46.1 Å². The Morgan fingerprint density at radius 3 is 1.65 bits per heavy atom. The van der Waals surface area contributed by atoms with E-state index >= 15 is 0 Å². The van der Waals surface area contributed by atoms with E-state index in [1.165, 1.54) is 12.1 Å². The van der Waals surface area contributed by atoms with Crippen molar-refractivity contribution >= 4 is 80.4 Å². The number of phosphoric ester groups is 1. The molecule has 1 aromatic rings. The smallest absolute Gasteiger partial charge is 0.404 e. The van der Waals surface area contributed by atoms with Crippen molar-refractivity contribution in [3.63, 3.8) is 0 Å². The van der Waals surface area contributed by atoms with Crippen molar-refractivity contribution in [3.8, 4) is 5.75 Å². The zero-order valence-electron chi connectivity index (χ0n) is 8.47. The maximum Gasteiger partial charge on any atom is 0.618 e. The molecule has 1 rings (SSSR count). The molecular weight excluding hydrogens is 357 g/mol. The zero-order chi connectivity index (χ0) is 13.7. The monoisotopic (exact) mass is 362 g/mol. The van der Waals surface area contributed by atoms with E-state index in [9.17, 15) is 4.57 Å². The van der Waals surface area contributed by atoms with E-state index in [-0.39, 0.29) is 5.75 Å². The first-order chi connectivity index (χ1) is 7.91. The van der Waals surface area contributed by atoms with Crippen LogP contribution >= 0.6 is 44.1 Å². The van der Waals surface area contributed by atoms with Crippen LogP contribution in [0.1, 0.15) is 0 Å². The van der Waals surface area contributed by atoms with E-state index in [0.717, 1.165) is 0 Å². The molecule has 0 saturated heterocycles. The van der Waals surface area contributed by atoms with Gasteiger partial charge in [0.05, 0.1) is 0 Å². The largest absolute Gasteiger partial charge is 0.618 e. The summed E-state index contributed by atoms with van der Waals surface area (Å²) in [5.41, 5.74) is 0. The van der Waals surface area contributed by atoms with E-state index in [1.807, 2.05) is 0 Å². The quantitative estimate of drug-likeness (QED) is 0.625. The molecule has 0 heterocycles. The molecule has 17 heavy (non-hydrogen) atoms. The van der Waals surface area contributed by atoms with Crippen molar-refractivity contribution in [2.45, 2.75) is 0 Å². The molecule has 4 nitrogen and oxygen atoms in total. The molecule has 0 spiro atoms. The van der Waals surface area contributed by atoms with Crippen molar-refractivity contribution in [2.24, 2.45) is 0 Å². The van der Waals surface area contributed by atoms with Crippen LogP contribution in [0.4, 0.5) is 0 Å². The van der Waals surface area contributed by atoms with Crippen LogP contribution < -0.4 is 4.52 Å². The number of benzene rings is 1. The molecule has 92 valence electrons. The van der Waals surface area contributed by atoms with Gasteiger partial charge in [0.1, 0.15) is 5.75 Å². The molecule has 0 unspecified atom stereocenters. The summed E-state index contributed by atoms with van der Waals surface area (Å²) in [6.07, 6.45) is 0. The fourth-order valence-electron chi connectivity index (χ4n) is 0.619. The number of halogens is 4. The second kappa shape index (κ2) is 14.3. The summed E-state index contributed by atoms with van der Waals surface area (Å²) in [5.74, 6) is 0.167. The summed E-state index contributed by atoms with van der Waals surface area (Å²) >= 11 is -1.28. The number of hydrogen-bond donors (Lipinski definition) is 2. The van der Waals surface area contributed by atoms with Crippen LogP contribution in [-0.4, -0.2) is 46.1 Å². The van der Waals surface area contributed by atoms with Gasteiger partial charge in [0.2, 0.25) is 0 Å². The van der Waals surface area contributed by atoms with E-state index in [2.05, 4.69) is 4.52 Å². The summed E-state index contributed by atoms with van der Waals surface area (Å²) in [6.45, 7) is 0. The van der Waals surface area contributed by atoms with Crippen LogP contribution in [0.15, 0.2) is 30.3 Å². The molecule has 11 heteroatoms. The standard InChI is InChI=1S/C6H7O4P.4ClH.2Mg/c7-11(8,9)10-6-4-2-1-3-5-6;;;;;;/h1-5H,(H2,7,8,9);4*1H;;/q;;;;;2*+2/p-4. The first kappa shape index (κ1) is 21.2. The highest BCUT2D eigenvalue weighted by atomic mass is 35.6. The predicted molar refractivity (Wildman–Crippen MR) is 74.0 cm³/mol. The molecule has 0 saturated carbocycles. The first-order valence-corrected chi connectivity index (χ1v) is 14.0. The minimum Gasteiger partial charge on any atom is -0.404 e. The maximum atomic E-state index is 10.3. The molecule has 0 radical (unpaired) electrons. The van der Waals surface area contributed by atoms with Gasteiger partial charge < -0.3 is 40.8 Å². The van der Waals surface area contributed by atoms with E-state index in [1.54, 1.807) is 18.2 Å². The van der Waals surface area contributed by atoms with Gasteiger partial charge in [-0.2, -0.15) is 0 Å². The zero-order valence-corrected chi connectivity index (χ0v) is 15.2. The van der Waals surface area contributed by atoms with Crippen molar-refractivity contribution < 1.29 is 18.9 Å². The summed E-state index contributed by atoms with van der Waals surface area (Å²) < 4.78 is 14.5. The molecule has 0 atom stereocenters. The summed E-state index contributed by atoms with van der Waals surface area (Å²) in [7, 11) is 15.2. The topological polar surface area (TPSA) is 66.8 Å². The Balaban J connectivity index is 0. The van der Waals surface area contributed by atoms with Gasteiger partial charge in [0, 0.05) is 0 Å². The molecule has 0 aliphatic rings. The Morgan fingerprint density at radius 2 is 1.35 bits per heavy atom. The van der Waals surface area contributed by atoms with Crippen LogP contribution in [0.25, 0.3) is 0 Å². The Morgan fingerprint density at radius 1 is 1.00 bits per heavy atom. The lowest BCUT2D eigenvalue weighted by molar-refractivity contribution is 0.283. The maximum absolute atomic E-state index is 10.3. The summed E-state index contributed by atoms with van der Waals surface area (Å²) in [4.78, 5) is 16.7. The Kier molecular flexibility index (Phi) is 17.8. The fourth-order valence-corrected chi connectivity index (χ4v) is 1.02. The minimum absolute atomic E-state index is 0.167. The molecule has 0 aliphatic carbocycles. The average molecular weight is 365 g/mol. The van der Waals surface area contributed by atoms with Gasteiger partial charge in [-0.25, -0.2) is 4.57 Å². The third-order valence-corrected chi connectivity index (χ3v) is 1.42. The van der Waals surface area contributed by atoms with Gasteiger partial charge in [-0.1, -0.05) is 18.2 Å². The van der Waals surface area contributed by atoms with E-state index < -0.39 is 44.1 Å². The third-order valence-electron chi connectivity index (χ3n) is 0.968. The van der Waals surface area contributed by atoms with Gasteiger partial charge in [0.15, 0.2) is 0 Å². The number of rotatable bonds is 2. The molecule has 0 amide bonds. The highest BCUT2D eigenvalue weighted by Crippen LogP contribution is 2.36. The lowest BCUT2D eigenvalue weighted by Gasteiger charge is -2.04. The first-order valence-electron chi connectivity index (χ1n) is 3.95. The number of phosphoric acid groups is 1. The normalized spacial score (nSPS) is 8.35. The SMILES string of the molecule is O=P(O)(O)Oc1ccccc1.[Cl][Mg][Cl].[Cl][Mg][Cl]. The van der Waals surface area contributed by atoms with Gasteiger partial charge in [0.25, 0.3) is 0 Å². The molecule has 0 bridgehead atoms. The predicted octanol–water partition coefficient (Wildman–Crippen LogP) is 3.15.